The van der Waals surface area contributed by atoms with Gasteiger partial charge in [-0.25, -0.2) is 0 Å². The maximum atomic E-state index is 8.63. The van der Waals surface area contributed by atoms with Crippen LogP contribution >= 0.6 is 35.7 Å². The summed E-state index contributed by atoms with van der Waals surface area (Å²) in [5.41, 5.74) is 5.74. The lowest BCUT2D eigenvalue weighted by atomic mass is 10.3. The average Bonchev–Trinajstić information content (AvgIpc) is 1.99. The Morgan fingerprint density at radius 3 is 2.00 bits per heavy atom. The van der Waals surface area contributed by atoms with E-state index in [1.54, 1.807) is 0 Å². The minimum Gasteiger partial charge on any atom is -0.389 e. The maximum Gasteiger partial charge on any atom is 0.116 e. The van der Waals surface area contributed by atoms with Gasteiger partial charge >= 0.3 is 0 Å². The van der Waals surface area contributed by atoms with Gasteiger partial charge in [0.15, 0.2) is 0 Å². The average molecular weight is 204 g/mol. The molecule has 5 heteroatoms. The molecule has 0 bridgehead atoms. The quantitative estimate of drug-likeness (QED) is 0.431. The highest BCUT2D eigenvalue weighted by Crippen LogP contribution is 2.27. The standard InChI is InChI=1S/C6H8N2S3/c1-10-6(11-2)4(3-7)5(8)9/h1-2H3,(H2,8,9). The van der Waals surface area contributed by atoms with Gasteiger partial charge in [-0.15, -0.1) is 23.5 Å². The molecule has 0 saturated heterocycles. The molecule has 0 spiro atoms. The van der Waals surface area contributed by atoms with E-state index in [1.807, 2.05) is 18.6 Å². The molecule has 60 valence electrons. The fourth-order valence-corrected chi connectivity index (χ4v) is 2.15. The van der Waals surface area contributed by atoms with Crippen molar-refractivity contribution in [3.05, 3.63) is 9.81 Å². The van der Waals surface area contributed by atoms with Gasteiger partial charge in [0, 0.05) is 0 Å². The number of nitrogens with zero attached hydrogens (tertiary/aromatic N) is 1. The van der Waals surface area contributed by atoms with Crippen molar-refractivity contribution in [1.82, 2.24) is 0 Å². The first kappa shape index (κ1) is 10.8. The van der Waals surface area contributed by atoms with Crippen LogP contribution in [-0.4, -0.2) is 17.5 Å². The van der Waals surface area contributed by atoms with E-state index < -0.39 is 0 Å². The van der Waals surface area contributed by atoms with Gasteiger partial charge in [0.05, 0.1) is 4.24 Å². The maximum absolute atomic E-state index is 8.63. The summed E-state index contributed by atoms with van der Waals surface area (Å²) in [4.78, 5) is 0.172. The van der Waals surface area contributed by atoms with Crippen molar-refractivity contribution in [2.45, 2.75) is 0 Å². The van der Waals surface area contributed by atoms with Crippen LogP contribution < -0.4 is 5.73 Å². The highest BCUT2D eigenvalue weighted by Gasteiger charge is 2.06. The summed E-state index contributed by atoms with van der Waals surface area (Å²) in [6, 6.07) is 1.98. The van der Waals surface area contributed by atoms with Crippen LogP contribution in [0.4, 0.5) is 0 Å². The lowest BCUT2D eigenvalue weighted by molar-refractivity contribution is 1.51. The number of nitrogens with two attached hydrogens (primary N) is 1. The van der Waals surface area contributed by atoms with Crippen molar-refractivity contribution in [2.75, 3.05) is 12.5 Å². The predicted octanol–water partition coefficient (Wildman–Crippen LogP) is 1.73. The smallest absolute Gasteiger partial charge is 0.116 e. The molecule has 0 aromatic heterocycles. The van der Waals surface area contributed by atoms with Crippen molar-refractivity contribution >= 4 is 40.7 Å². The number of rotatable bonds is 3. The minimum atomic E-state index is 0.172. The molecule has 0 unspecified atom stereocenters. The summed E-state index contributed by atoms with van der Waals surface area (Å²) in [7, 11) is 0. The van der Waals surface area contributed by atoms with Gasteiger partial charge < -0.3 is 5.73 Å². The van der Waals surface area contributed by atoms with Crippen LogP contribution in [0.5, 0.6) is 0 Å². The number of nitriles is 1. The second kappa shape index (κ2) is 5.47. The molecule has 0 saturated carbocycles. The molecule has 0 heterocycles. The largest absolute Gasteiger partial charge is 0.389 e. The Hall–Kier alpha value is -0.180. The molecule has 0 aliphatic carbocycles. The van der Waals surface area contributed by atoms with Crippen LogP contribution in [0, 0.1) is 11.3 Å². The Bertz CT molecular complexity index is 220. The third kappa shape index (κ3) is 3.14. The second-order valence-corrected chi connectivity index (χ2v) is 3.88. The van der Waals surface area contributed by atoms with Gasteiger partial charge in [0.1, 0.15) is 16.6 Å². The summed E-state index contributed by atoms with van der Waals surface area (Å²) in [5, 5.41) is 8.63. The lowest BCUT2D eigenvalue weighted by Gasteiger charge is -2.01. The van der Waals surface area contributed by atoms with Gasteiger partial charge in [-0.05, 0) is 12.5 Å². The van der Waals surface area contributed by atoms with Gasteiger partial charge in [-0.2, -0.15) is 5.26 Å². The Labute approximate surface area is 80.2 Å². The van der Waals surface area contributed by atoms with E-state index in [2.05, 4.69) is 0 Å². The van der Waals surface area contributed by atoms with E-state index in [0.29, 0.717) is 5.57 Å². The highest BCUT2D eigenvalue weighted by molar-refractivity contribution is 8.21. The molecule has 0 fully saturated rings. The fourth-order valence-electron chi connectivity index (χ4n) is 0.489. The molecule has 2 nitrogen and oxygen atoms in total. The molecule has 0 amide bonds. The molecular weight excluding hydrogens is 196 g/mol. The first-order chi connectivity index (χ1) is 5.17. The monoisotopic (exact) mass is 204 g/mol. The summed E-state index contributed by atoms with van der Waals surface area (Å²) < 4.78 is 0.875. The molecule has 0 aromatic carbocycles. The Morgan fingerprint density at radius 1 is 1.45 bits per heavy atom. The minimum absolute atomic E-state index is 0.172. The van der Waals surface area contributed by atoms with Crippen LogP contribution in [0.15, 0.2) is 9.81 Å². The van der Waals surface area contributed by atoms with Gasteiger partial charge in [-0.1, -0.05) is 12.2 Å². The van der Waals surface area contributed by atoms with E-state index in [9.17, 15) is 0 Å². The van der Waals surface area contributed by atoms with Crippen LogP contribution in [0.1, 0.15) is 0 Å². The zero-order valence-electron chi connectivity index (χ0n) is 6.25. The fraction of sp³-hybridized carbons (Fsp3) is 0.333. The molecule has 0 aliphatic heterocycles. The Morgan fingerprint density at radius 2 is 1.91 bits per heavy atom. The highest BCUT2D eigenvalue weighted by atomic mass is 32.2. The number of hydrogen-bond donors (Lipinski definition) is 1. The van der Waals surface area contributed by atoms with E-state index >= 15 is 0 Å². The van der Waals surface area contributed by atoms with Crippen molar-refractivity contribution in [2.24, 2.45) is 5.73 Å². The van der Waals surface area contributed by atoms with Gasteiger partial charge in [0.25, 0.3) is 0 Å². The van der Waals surface area contributed by atoms with E-state index in [4.69, 9.17) is 23.2 Å². The van der Waals surface area contributed by atoms with Crippen molar-refractivity contribution in [1.29, 1.82) is 5.26 Å². The Kier molecular flexibility index (Phi) is 5.38. The first-order valence-corrected chi connectivity index (χ1v) is 5.55. The van der Waals surface area contributed by atoms with Gasteiger partial charge in [0.2, 0.25) is 0 Å². The number of thioether (sulfide) groups is 2. The Balaban J connectivity index is 4.82. The van der Waals surface area contributed by atoms with Gasteiger partial charge in [-0.3, -0.25) is 0 Å². The molecule has 0 atom stereocenters. The second-order valence-electron chi connectivity index (χ2n) is 1.55. The summed E-state index contributed by atoms with van der Waals surface area (Å²) in [6.45, 7) is 0. The zero-order valence-corrected chi connectivity index (χ0v) is 8.70. The lowest BCUT2D eigenvalue weighted by Crippen LogP contribution is -2.10. The topological polar surface area (TPSA) is 49.8 Å². The molecule has 0 aromatic rings. The molecule has 11 heavy (non-hydrogen) atoms. The predicted molar refractivity (Wildman–Crippen MR) is 56.5 cm³/mol. The zero-order chi connectivity index (χ0) is 8.85. The van der Waals surface area contributed by atoms with E-state index in [1.165, 1.54) is 23.5 Å². The summed E-state index contributed by atoms with van der Waals surface area (Å²) in [5.74, 6) is 0. The molecule has 2 N–H and O–H groups in total. The normalized spacial score (nSPS) is 8.45. The third-order valence-corrected chi connectivity index (χ3v) is 3.29. The van der Waals surface area contributed by atoms with E-state index in [-0.39, 0.29) is 4.99 Å². The number of hydrogen-bond acceptors (Lipinski definition) is 4. The first-order valence-electron chi connectivity index (χ1n) is 2.69. The van der Waals surface area contributed by atoms with Crippen molar-refractivity contribution in [3.8, 4) is 6.07 Å². The number of thiocarbonyl (C=S) groups is 1. The molecule has 0 aliphatic rings. The molecule has 0 rings (SSSR count). The SMILES string of the molecule is CSC(SC)=C(C#N)C(N)=S. The van der Waals surface area contributed by atoms with E-state index in [0.717, 1.165) is 4.24 Å². The van der Waals surface area contributed by atoms with Crippen molar-refractivity contribution < 1.29 is 0 Å². The van der Waals surface area contributed by atoms with Crippen LogP contribution in [0.25, 0.3) is 0 Å². The summed E-state index contributed by atoms with van der Waals surface area (Å²) in [6.07, 6.45) is 3.78. The summed E-state index contributed by atoms with van der Waals surface area (Å²) >= 11 is 7.66. The molecular formula is C6H8N2S3. The van der Waals surface area contributed by atoms with Crippen LogP contribution in [-0.2, 0) is 0 Å². The van der Waals surface area contributed by atoms with Crippen molar-refractivity contribution in [3.63, 3.8) is 0 Å². The molecule has 0 radical (unpaired) electrons. The third-order valence-electron chi connectivity index (χ3n) is 0.933. The van der Waals surface area contributed by atoms with Crippen LogP contribution in [0.3, 0.4) is 0 Å². The van der Waals surface area contributed by atoms with Crippen LogP contribution in [0.2, 0.25) is 0 Å².